The van der Waals surface area contributed by atoms with E-state index in [1.165, 1.54) is 25.7 Å². The first-order valence-electron chi connectivity index (χ1n) is 5.39. The monoisotopic (exact) mass is 168 g/mol. The molecule has 0 aliphatic carbocycles. The summed E-state index contributed by atoms with van der Waals surface area (Å²) in [6.07, 6.45) is 9.95. The van der Waals surface area contributed by atoms with Gasteiger partial charge in [-0.15, -0.1) is 0 Å². The van der Waals surface area contributed by atoms with Gasteiger partial charge in [0.05, 0.1) is 0 Å². The molecule has 0 aliphatic heterocycles. The predicted molar refractivity (Wildman–Crippen MR) is 57.3 cm³/mol. The van der Waals surface area contributed by atoms with Crippen molar-refractivity contribution in [3.63, 3.8) is 0 Å². The molecule has 0 aromatic rings. The lowest BCUT2D eigenvalue weighted by Crippen LogP contribution is -2.03. The standard InChI is InChI=1S/C12H24/c1-5-7-8-9-10-12(6-2)11(3)4/h9-12H,5-8H2,1-4H3/b10-9+. The van der Waals surface area contributed by atoms with Gasteiger partial charge in [0.25, 0.3) is 0 Å². The minimum Gasteiger partial charge on any atom is -0.0883 e. The molecule has 0 saturated heterocycles. The topological polar surface area (TPSA) is 0 Å². The van der Waals surface area contributed by atoms with Gasteiger partial charge in [0.15, 0.2) is 0 Å². The van der Waals surface area contributed by atoms with Crippen molar-refractivity contribution in [2.24, 2.45) is 11.8 Å². The normalized spacial score (nSPS) is 14.4. The molecule has 0 aromatic heterocycles. The molecule has 0 fully saturated rings. The molecule has 0 aromatic carbocycles. The summed E-state index contributed by atoms with van der Waals surface area (Å²) < 4.78 is 0. The summed E-state index contributed by atoms with van der Waals surface area (Å²) in [7, 11) is 0. The molecule has 12 heavy (non-hydrogen) atoms. The molecule has 0 bridgehead atoms. The van der Waals surface area contributed by atoms with Gasteiger partial charge in [0.1, 0.15) is 0 Å². The van der Waals surface area contributed by atoms with Crippen molar-refractivity contribution in [1.29, 1.82) is 0 Å². The summed E-state index contributed by atoms with van der Waals surface area (Å²) in [5, 5.41) is 0. The highest BCUT2D eigenvalue weighted by molar-refractivity contribution is 4.89. The molecule has 0 radical (unpaired) electrons. The van der Waals surface area contributed by atoms with E-state index in [4.69, 9.17) is 0 Å². The van der Waals surface area contributed by atoms with Crippen molar-refractivity contribution in [3.05, 3.63) is 12.2 Å². The van der Waals surface area contributed by atoms with Crippen LogP contribution in [0.1, 0.15) is 53.4 Å². The molecule has 0 aliphatic rings. The maximum absolute atomic E-state index is 2.40. The highest BCUT2D eigenvalue weighted by Gasteiger charge is 2.05. The Labute approximate surface area is 78.1 Å². The first-order valence-corrected chi connectivity index (χ1v) is 5.39. The Morgan fingerprint density at radius 3 is 2.25 bits per heavy atom. The summed E-state index contributed by atoms with van der Waals surface area (Å²) >= 11 is 0. The number of unbranched alkanes of at least 4 members (excludes halogenated alkanes) is 2. The van der Waals surface area contributed by atoms with Gasteiger partial charge >= 0.3 is 0 Å². The van der Waals surface area contributed by atoms with Gasteiger partial charge in [-0.05, 0) is 24.7 Å². The summed E-state index contributed by atoms with van der Waals surface area (Å²) in [4.78, 5) is 0. The molecule has 0 N–H and O–H groups in total. The molecule has 1 atom stereocenters. The van der Waals surface area contributed by atoms with E-state index in [0.717, 1.165) is 11.8 Å². The fraction of sp³-hybridized carbons (Fsp3) is 0.833. The molecule has 1 unspecified atom stereocenters. The summed E-state index contributed by atoms with van der Waals surface area (Å²) in [5.74, 6) is 1.59. The highest BCUT2D eigenvalue weighted by atomic mass is 14.1. The molecule has 0 rings (SSSR count). The summed E-state index contributed by atoms with van der Waals surface area (Å²) in [5.41, 5.74) is 0. The third-order valence-electron chi connectivity index (χ3n) is 2.44. The molecule has 0 heterocycles. The average Bonchev–Trinajstić information content (AvgIpc) is 2.04. The van der Waals surface area contributed by atoms with E-state index in [-0.39, 0.29) is 0 Å². The van der Waals surface area contributed by atoms with E-state index in [1.54, 1.807) is 0 Å². The SMILES string of the molecule is CCCC/C=C/C(CC)C(C)C. The quantitative estimate of drug-likeness (QED) is 0.407. The Morgan fingerprint density at radius 2 is 1.83 bits per heavy atom. The van der Waals surface area contributed by atoms with Crippen LogP contribution in [0.4, 0.5) is 0 Å². The zero-order valence-corrected chi connectivity index (χ0v) is 9.14. The first-order chi connectivity index (χ1) is 5.72. The fourth-order valence-corrected chi connectivity index (χ4v) is 1.42. The van der Waals surface area contributed by atoms with Gasteiger partial charge < -0.3 is 0 Å². The van der Waals surface area contributed by atoms with Gasteiger partial charge in [0.2, 0.25) is 0 Å². The highest BCUT2D eigenvalue weighted by Crippen LogP contribution is 2.16. The molecular formula is C12H24. The Morgan fingerprint density at radius 1 is 1.17 bits per heavy atom. The minimum absolute atomic E-state index is 0.793. The smallest absolute Gasteiger partial charge is 0.0213 e. The van der Waals surface area contributed by atoms with Gasteiger partial charge in [0, 0.05) is 0 Å². The van der Waals surface area contributed by atoms with E-state index < -0.39 is 0 Å². The van der Waals surface area contributed by atoms with Crippen LogP contribution in [-0.4, -0.2) is 0 Å². The Kier molecular flexibility index (Phi) is 7.23. The second kappa shape index (κ2) is 7.39. The predicted octanol–water partition coefficient (Wildman–Crippen LogP) is 4.42. The molecular weight excluding hydrogens is 144 g/mol. The van der Waals surface area contributed by atoms with Crippen molar-refractivity contribution >= 4 is 0 Å². The van der Waals surface area contributed by atoms with Gasteiger partial charge in [-0.3, -0.25) is 0 Å². The average molecular weight is 168 g/mol. The third kappa shape index (κ3) is 5.40. The molecule has 72 valence electrons. The maximum Gasteiger partial charge on any atom is -0.0213 e. The van der Waals surface area contributed by atoms with Crippen LogP contribution in [0.15, 0.2) is 12.2 Å². The molecule has 0 saturated carbocycles. The van der Waals surface area contributed by atoms with Gasteiger partial charge in [-0.25, -0.2) is 0 Å². The zero-order chi connectivity index (χ0) is 9.40. The van der Waals surface area contributed by atoms with E-state index in [1.807, 2.05) is 0 Å². The number of allylic oxidation sites excluding steroid dienone is 2. The maximum atomic E-state index is 2.40. The Hall–Kier alpha value is -0.260. The van der Waals surface area contributed by atoms with Crippen LogP contribution < -0.4 is 0 Å². The molecule has 0 amide bonds. The minimum atomic E-state index is 0.793. The lowest BCUT2D eigenvalue weighted by atomic mass is 9.92. The van der Waals surface area contributed by atoms with E-state index in [2.05, 4.69) is 39.8 Å². The van der Waals surface area contributed by atoms with Crippen LogP contribution in [0.25, 0.3) is 0 Å². The second-order valence-corrected chi connectivity index (χ2v) is 3.89. The van der Waals surface area contributed by atoms with Crippen molar-refractivity contribution in [2.75, 3.05) is 0 Å². The van der Waals surface area contributed by atoms with Crippen LogP contribution in [0.3, 0.4) is 0 Å². The largest absolute Gasteiger partial charge is 0.0883 e. The molecule has 0 heteroatoms. The summed E-state index contributed by atoms with van der Waals surface area (Å²) in [6, 6.07) is 0. The van der Waals surface area contributed by atoms with Crippen LogP contribution >= 0.6 is 0 Å². The number of hydrogen-bond acceptors (Lipinski definition) is 0. The lowest BCUT2D eigenvalue weighted by Gasteiger charge is -2.13. The Balaban J connectivity index is 3.61. The van der Waals surface area contributed by atoms with Crippen LogP contribution in [0.2, 0.25) is 0 Å². The van der Waals surface area contributed by atoms with Gasteiger partial charge in [-0.2, -0.15) is 0 Å². The number of rotatable bonds is 6. The van der Waals surface area contributed by atoms with Crippen LogP contribution in [0.5, 0.6) is 0 Å². The van der Waals surface area contributed by atoms with E-state index in [9.17, 15) is 0 Å². The lowest BCUT2D eigenvalue weighted by molar-refractivity contribution is 0.452. The van der Waals surface area contributed by atoms with Crippen molar-refractivity contribution in [1.82, 2.24) is 0 Å². The number of hydrogen-bond donors (Lipinski definition) is 0. The van der Waals surface area contributed by atoms with E-state index in [0.29, 0.717) is 0 Å². The first kappa shape index (κ1) is 11.7. The molecule has 0 spiro atoms. The van der Waals surface area contributed by atoms with E-state index >= 15 is 0 Å². The fourth-order valence-electron chi connectivity index (χ4n) is 1.42. The summed E-state index contributed by atoms with van der Waals surface area (Å²) in [6.45, 7) is 9.12. The van der Waals surface area contributed by atoms with Crippen molar-refractivity contribution in [3.8, 4) is 0 Å². The van der Waals surface area contributed by atoms with Crippen LogP contribution in [0, 0.1) is 11.8 Å². The Bertz CT molecular complexity index is 111. The van der Waals surface area contributed by atoms with Crippen LogP contribution in [-0.2, 0) is 0 Å². The second-order valence-electron chi connectivity index (χ2n) is 3.89. The van der Waals surface area contributed by atoms with Gasteiger partial charge in [-0.1, -0.05) is 52.7 Å². The zero-order valence-electron chi connectivity index (χ0n) is 9.14. The third-order valence-corrected chi connectivity index (χ3v) is 2.44. The van der Waals surface area contributed by atoms with Crippen molar-refractivity contribution in [2.45, 2.75) is 53.4 Å². The van der Waals surface area contributed by atoms with Crippen molar-refractivity contribution < 1.29 is 0 Å². The molecule has 0 nitrogen and oxygen atoms in total.